The van der Waals surface area contributed by atoms with Crippen molar-refractivity contribution in [3.63, 3.8) is 0 Å². The number of amides is 1. The standard InChI is InChI=1S/C24H27N5O3/c1-26-14-12-20(13-15-26)27(2)23(30)16-19-17-28(21-6-4-3-5-7-21)25-24(19)18-8-10-22(11-9-18)29(31)32/h3-11,17,20H,12-16H2,1-2H3. The minimum Gasteiger partial charge on any atom is -0.342 e. The Kier molecular flexibility index (Phi) is 6.32. The molecule has 0 spiro atoms. The molecule has 1 aromatic heterocycles. The fourth-order valence-electron chi connectivity index (χ4n) is 4.11. The number of carbonyl (C=O) groups excluding carboxylic acids is 1. The van der Waals surface area contributed by atoms with Gasteiger partial charge in [-0.3, -0.25) is 14.9 Å². The highest BCUT2D eigenvalue weighted by molar-refractivity contribution is 5.81. The van der Waals surface area contributed by atoms with Crippen molar-refractivity contribution in [2.75, 3.05) is 27.2 Å². The first-order valence-corrected chi connectivity index (χ1v) is 10.8. The molecule has 0 saturated carbocycles. The van der Waals surface area contributed by atoms with Gasteiger partial charge in [-0.25, -0.2) is 4.68 Å². The second-order valence-corrected chi connectivity index (χ2v) is 8.30. The first-order valence-electron chi connectivity index (χ1n) is 10.8. The van der Waals surface area contributed by atoms with Crippen molar-refractivity contribution in [3.8, 4) is 16.9 Å². The summed E-state index contributed by atoms with van der Waals surface area (Å²) in [5.74, 6) is 0.0512. The van der Waals surface area contributed by atoms with Crippen LogP contribution in [0.2, 0.25) is 0 Å². The second kappa shape index (κ2) is 9.32. The van der Waals surface area contributed by atoms with E-state index in [9.17, 15) is 14.9 Å². The zero-order valence-electron chi connectivity index (χ0n) is 18.3. The maximum Gasteiger partial charge on any atom is 0.269 e. The Morgan fingerprint density at radius 1 is 1.12 bits per heavy atom. The zero-order chi connectivity index (χ0) is 22.7. The lowest BCUT2D eigenvalue weighted by atomic mass is 10.0. The van der Waals surface area contributed by atoms with E-state index in [1.807, 2.05) is 48.5 Å². The summed E-state index contributed by atoms with van der Waals surface area (Å²) in [7, 11) is 3.98. The Balaban J connectivity index is 1.63. The van der Waals surface area contributed by atoms with Gasteiger partial charge in [0.15, 0.2) is 0 Å². The monoisotopic (exact) mass is 433 g/mol. The molecule has 3 aromatic rings. The van der Waals surface area contributed by atoms with E-state index in [4.69, 9.17) is 5.10 Å². The van der Waals surface area contributed by atoms with Crippen LogP contribution in [0.1, 0.15) is 18.4 Å². The highest BCUT2D eigenvalue weighted by atomic mass is 16.6. The number of nitro groups is 1. The molecular formula is C24H27N5O3. The Morgan fingerprint density at radius 3 is 2.41 bits per heavy atom. The van der Waals surface area contributed by atoms with Crippen molar-refractivity contribution < 1.29 is 9.72 Å². The van der Waals surface area contributed by atoms with Crippen LogP contribution in [0.4, 0.5) is 5.69 Å². The van der Waals surface area contributed by atoms with Gasteiger partial charge in [-0.05, 0) is 57.2 Å². The van der Waals surface area contributed by atoms with Crippen LogP contribution in [-0.2, 0) is 11.2 Å². The molecule has 8 nitrogen and oxygen atoms in total. The molecule has 1 aliphatic heterocycles. The van der Waals surface area contributed by atoms with Crippen LogP contribution < -0.4 is 0 Å². The Hall–Kier alpha value is -3.52. The van der Waals surface area contributed by atoms with Crippen LogP contribution in [0.15, 0.2) is 60.8 Å². The quantitative estimate of drug-likeness (QED) is 0.439. The molecule has 4 rings (SSSR count). The molecule has 1 fully saturated rings. The number of aromatic nitrogens is 2. The van der Waals surface area contributed by atoms with E-state index in [2.05, 4.69) is 11.9 Å². The lowest BCUT2D eigenvalue weighted by molar-refractivity contribution is -0.384. The zero-order valence-corrected chi connectivity index (χ0v) is 18.3. The molecule has 1 amide bonds. The van der Waals surface area contributed by atoms with Gasteiger partial charge in [-0.2, -0.15) is 5.10 Å². The third kappa shape index (κ3) is 4.70. The maximum atomic E-state index is 13.2. The fourth-order valence-corrected chi connectivity index (χ4v) is 4.11. The smallest absolute Gasteiger partial charge is 0.269 e. The predicted molar refractivity (Wildman–Crippen MR) is 123 cm³/mol. The van der Waals surface area contributed by atoms with Crippen LogP contribution >= 0.6 is 0 Å². The predicted octanol–water partition coefficient (Wildman–Crippen LogP) is 3.54. The number of hydrogen-bond donors (Lipinski definition) is 0. The Labute approximate surface area is 187 Å². The average Bonchev–Trinajstić information content (AvgIpc) is 3.23. The number of carbonyl (C=O) groups is 1. The van der Waals surface area contributed by atoms with Crippen molar-refractivity contribution in [3.05, 3.63) is 76.5 Å². The van der Waals surface area contributed by atoms with E-state index in [0.717, 1.165) is 42.7 Å². The van der Waals surface area contributed by atoms with Gasteiger partial charge in [0.1, 0.15) is 0 Å². The number of non-ortho nitro benzene ring substituents is 1. The molecule has 0 unspecified atom stereocenters. The normalized spacial score (nSPS) is 14.9. The van der Waals surface area contributed by atoms with Crippen LogP contribution in [0.3, 0.4) is 0 Å². The summed E-state index contributed by atoms with van der Waals surface area (Å²) in [4.78, 5) is 27.9. The third-order valence-corrected chi connectivity index (χ3v) is 6.13. The third-order valence-electron chi connectivity index (χ3n) is 6.13. The van der Waals surface area contributed by atoms with Gasteiger partial charge in [0.25, 0.3) is 5.69 Å². The number of likely N-dealkylation sites (N-methyl/N-ethyl adjacent to an activating group) is 1. The van der Waals surface area contributed by atoms with Crippen LogP contribution in [0, 0.1) is 10.1 Å². The Morgan fingerprint density at radius 2 is 1.78 bits per heavy atom. The number of nitrogens with zero attached hydrogens (tertiary/aromatic N) is 5. The summed E-state index contributed by atoms with van der Waals surface area (Å²) in [5.41, 5.74) is 3.12. The van der Waals surface area contributed by atoms with Crippen molar-refractivity contribution in [2.45, 2.75) is 25.3 Å². The van der Waals surface area contributed by atoms with Crippen molar-refractivity contribution >= 4 is 11.6 Å². The summed E-state index contributed by atoms with van der Waals surface area (Å²) >= 11 is 0. The summed E-state index contributed by atoms with van der Waals surface area (Å²) in [6.07, 6.45) is 4.04. The SMILES string of the molecule is CN1CCC(N(C)C(=O)Cc2cn(-c3ccccc3)nc2-c2ccc([N+](=O)[O-])cc2)CC1. The molecule has 32 heavy (non-hydrogen) atoms. The molecule has 1 aliphatic rings. The number of hydrogen-bond acceptors (Lipinski definition) is 5. The van der Waals surface area contributed by atoms with Gasteiger partial charge in [-0.1, -0.05) is 18.2 Å². The number of rotatable bonds is 6. The van der Waals surface area contributed by atoms with Crippen LogP contribution in [0.25, 0.3) is 16.9 Å². The Bertz CT molecular complexity index is 1090. The molecule has 2 aromatic carbocycles. The molecule has 2 heterocycles. The number of piperidine rings is 1. The second-order valence-electron chi connectivity index (χ2n) is 8.30. The van der Waals surface area contributed by atoms with E-state index in [1.54, 1.807) is 16.8 Å². The molecule has 0 atom stereocenters. The van der Waals surface area contributed by atoms with Gasteiger partial charge >= 0.3 is 0 Å². The maximum absolute atomic E-state index is 13.2. The topological polar surface area (TPSA) is 84.5 Å². The van der Waals surface area contributed by atoms with Gasteiger partial charge in [0.05, 0.1) is 22.7 Å². The molecule has 1 saturated heterocycles. The molecule has 166 valence electrons. The summed E-state index contributed by atoms with van der Waals surface area (Å²) < 4.78 is 1.76. The number of nitro benzene ring substituents is 1. The van der Waals surface area contributed by atoms with E-state index < -0.39 is 4.92 Å². The first-order chi connectivity index (χ1) is 15.4. The largest absolute Gasteiger partial charge is 0.342 e. The van der Waals surface area contributed by atoms with E-state index >= 15 is 0 Å². The van der Waals surface area contributed by atoms with Crippen LogP contribution in [0.5, 0.6) is 0 Å². The van der Waals surface area contributed by atoms with Crippen LogP contribution in [-0.4, -0.2) is 63.6 Å². The van der Waals surface area contributed by atoms with E-state index in [-0.39, 0.29) is 24.1 Å². The fraction of sp³-hybridized carbons (Fsp3) is 0.333. The lowest BCUT2D eigenvalue weighted by Crippen LogP contribution is -2.45. The lowest BCUT2D eigenvalue weighted by Gasteiger charge is -2.35. The number of para-hydroxylation sites is 1. The summed E-state index contributed by atoms with van der Waals surface area (Å²) in [5, 5.41) is 15.8. The van der Waals surface area contributed by atoms with E-state index in [1.165, 1.54) is 12.1 Å². The number of likely N-dealkylation sites (tertiary alicyclic amines) is 1. The molecule has 8 heteroatoms. The van der Waals surface area contributed by atoms with Gasteiger partial charge in [0, 0.05) is 42.5 Å². The molecule has 0 aliphatic carbocycles. The van der Waals surface area contributed by atoms with Gasteiger partial charge in [-0.15, -0.1) is 0 Å². The molecular weight excluding hydrogens is 406 g/mol. The van der Waals surface area contributed by atoms with E-state index in [0.29, 0.717) is 5.69 Å². The highest BCUT2D eigenvalue weighted by Crippen LogP contribution is 2.27. The minimum atomic E-state index is -0.423. The highest BCUT2D eigenvalue weighted by Gasteiger charge is 2.25. The van der Waals surface area contributed by atoms with Crippen molar-refractivity contribution in [2.24, 2.45) is 0 Å². The minimum absolute atomic E-state index is 0.0240. The molecule has 0 radical (unpaired) electrons. The van der Waals surface area contributed by atoms with Crippen molar-refractivity contribution in [1.82, 2.24) is 19.6 Å². The molecule has 0 bridgehead atoms. The molecule has 0 N–H and O–H groups in total. The number of benzene rings is 2. The average molecular weight is 434 g/mol. The van der Waals surface area contributed by atoms with Crippen molar-refractivity contribution in [1.29, 1.82) is 0 Å². The summed E-state index contributed by atoms with van der Waals surface area (Å²) in [6.45, 7) is 1.98. The summed E-state index contributed by atoms with van der Waals surface area (Å²) in [6, 6.07) is 16.2. The first kappa shape index (κ1) is 21.7. The van der Waals surface area contributed by atoms with Gasteiger partial charge in [0.2, 0.25) is 5.91 Å². The van der Waals surface area contributed by atoms with Gasteiger partial charge < -0.3 is 9.80 Å².